The minimum atomic E-state index is -0.211. The van der Waals surface area contributed by atoms with Gasteiger partial charge in [0, 0.05) is 0 Å². The molecule has 0 N–H and O–H groups in total. The van der Waals surface area contributed by atoms with Crippen LogP contribution in [-0.4, -0.2) is 6.16 Å². The molecule has 2 aromatic carbocycles. The van der Waals surface area contributed by atoms with Gasteiger partial charge in [0.25, 0.3) is 0 Å². The molecule has 0 fully saturated rings. The predicted molar refractivity (Wildman–Crippen MR) is 99.6 cm³/mol. The third-order valence-corrected chi connectivity index (χ3v) is 6.74. The van der Waals surface area contributed by atoms with E-state index in [1.165, 1.54) is 36.0 Å². The number of rotatable bonds is 7. The summed E-state index contributed by atoms with van der Waals surface area (Å²) in [5.41, 5.74) is 0. The van der Waals surface area contributed by atoms with E-state index in [-0.39, 0.29) is 7.92 Å². The Hall–Kier alpha value is -1.65. The predicted octanol–water partition coefficient (Wildman–Crippen LogP) is 5.03. The number of hydrogen-bond acceptors (Lipinski definition) is 0. The molecule has 112 valence electrons. The van der Waals surface area contributed by atoms with Crippen LogP contribution in [0.5, 0.6) is 0 Å². The molecule has 1 aliphatic rings. The lowest BCUT2D eigenvalue weighted by atomic mass is 10.0. The summed E-state index contributed by atoms with van der Waals surface area (Å²) in [4.78, 5) is 0. The fourth-order valence-corrected chi connectivity index (χ4v) is 5.36. The third kappa shape index (κ3) is 4.18. The Bertz CT molecular complexity index is 561. The lowest BCUT2D eigenvalue weighted by Gasteiger charge is -2.19. The van der Waals surface area contributed by atoms with Crippen molar-refractivity contribution in [2.75, 3.05) is 6.16 Å². The van der Waals surface area contributed by atoms with Crippen LogP contribution < -0.4 is 10.6 Å². The van der Waals surface area contributed by atoms with Gasteiger partial charge in [0.15, 0.2) is 0 Å². The van der Waals surface area contributed by atoms with Crippen LogP contribution in [-0.2, 0) is 0 Å². The van der Waals surface area contributed by atoms with E-state index >= 15 is 0 Å². The second-order valence-electron chi connectivity index (χ2n) is 5.75. The van der Waals surface area contributed by atoms with Gasteiger partial charge in [0.1, 0.15) is 0 Å². The molecule has 0 aliphatic heterocycles. The second kappa shape index (κ2) is 8.11. The molecule has 0 unspecified atom stereocenters. The summed E-state index contributed by atoms with van der Waals surface area (Å²) in [5.74, 6) is 0.680. The smallest absolute Gasteiger partial charge is 0.00473 e. The number of unbranched alkanes of at least 4 members (excludes halogenated alkanes) is 1. The van der Waals surface area contributed by atoms with Crippen LogP contribution in [0.15, 0.2) is 85.0 Å². The molecule has 0 radical (unpaired) electrons. The topological polar surface area (TPSA) is 0 Å². The van der Waals surface area contributed by atoms with Crippen molar-refractivity contribution >= 4 is 18.5 Å². The Kier molecular flexibility index (Phi) is 5.62. The minimum Gasteiger partial charge on any atom is -0.0776 e. The quantitative estimate of drug-likeness (QED) is 0.497. The minimum absolute atomic E-state index is 0.211. The third-order valence-electron chi connectivity index (χ3n) is 4.13. The van der Waals surface area contributed by atoms with Gasteiger partial charge in [-0.15, -0.1) is 0 Å². The summed E-state index contributed by atoms with van der Waals surface area (Å²) in [5, 5.41) is 3.01. The van der Waals surface area contributed by atoms with Gasteiger partial charge in [-0.1, -0.05) is 91.4 Å². The van der Waals surface area contributed by atoms with E-state index in [4.69, 9.17) is 0 Å². The second-order valence-corrected chi connectivity index (χ2v) is 8.09. The molecule has 0 atom stereocenters. The molecule has 2 aromatic rings. The first-order valence-electron chi connectivity index (χ1n) is 8.16. The Balaban J connectivity index is 1.62. The SMILES string of the molecule is C1=CC(CCCCP(c2ccccc2)c2ccccc2)C=C1. The standard InChI is InChI=1S/C21H23P/c1-3-14-20(15-4-1)22(21-16-5-2-6-17-21)18-10-9-13-19-11-7-8-12-19/h1-8,11-12,14-17,19H,9-10,13,18H2. The summed E-state index contributed by atoms with van der Waals surface area (Å²) >= 11 is 0. The van der Waals surface area contributed by atoms with Crippen LogP contribution in [0.25, 0.3) is 0 Å². The highest BCUT2D eigenvalue weighted by Crippen LogP contribution is 2.35. The van der Waals surface area contributed by atoms with Crippen molar-refractivity contribution in [2.45, 2.75) is 19.3 Å². The molecule has 0 bridgehead atoms. The Morgan fingerprint density at radius 1 is 0.682 bits per heavy atom. The van der Waals surface area contributed by atoms with E-state index in [2.05, 4.69) is 85.0 Å². The molecule has 0 amide bonds. The molecular formula is C21H23P. The van der Waals surface area contributed by atoms with E-state index in [0.29, 0.717) is 5.92 Å². The van der Waals surface area contributed by atoms with Gasteiger partial charge in [-0.25, -0.2) is 0 Å². The fraction of sp³-hybridized carbons (Fsp3) is 0.238. The zero-order chi connectivity index (χ0) is 15.0. The molecular weight excluding hydrogens is 283 g/mol. The number of allylic oxidation sites excluding steroid dienone is 4. The molecule has 3 rings (SSSR count). The Morgan fingerprint density at radius 3 is 1.77 bits per heavy atom. The largest absolute Gasteiger partial charge is 0.0776 e. The molecule has 0 saturated heterocycles. The van der Waals surface area contributed by atoms with E-state index in [1.807, 2.05) is 0 Å². The van der Waals surface area contributed by atoms with Crippen LogP contribution in [0.4, 0.5) is 0 Å². The summed E-state index contributed by atoms with van der Waals surface area (Å²) in [6, 6.07) is 22.1. The summed E-state index contributed by atoms with van der Waals surface area (Å²) in [6.07, 6.45) is 14.2. The van der Waals surface area contributed by atoms with E-state index in [9.17, 15) is 0 Å². The average Bonchev–Trinajstić information content (AvgIpc) is 3.10. The van der Waals surface area contributed by atoms with E-state index < -0.39 is 0 Å². The summed E-state index contributed by atoms with van der Waals surface area (Å²) in [7, 11) is -0.211. The molecule has 0 saturated carbocycles. The van der Waals surface area contributed by atoms with Crippen molar-refractivity contribution in [1.29, 1.82) is 0 Å². The van der Waals surface area contributed by atoms with Gasteiger partial charge in [-0.3, -0.25) is 0 Å². The fourth-order valence-electron chi connectivity index (χ4n) is 2.94. The van der Waals surface area contributed by atoms with Gasteiger partial charge in [0.05, 0.1) is 0 Å². The first-order chi connectivity index (χ1) is 10.9. The molecule has 0 aromatic heterocycles. The average molecular weight is 306 g/mol. The lowest BCUT2D eigenvalue weighted by Crippen LogP contribution is -2.13. The summed E-state index contributed by atoms with van der Waals surface area (Å²) in [6.45, 7) is 0. The van der Waals surface area contributed by atoms with Crippen LogP contribution in [0, 0.1) is 5.92 Å². The Labute approximate surface area is 135 Å². The van der Waals surface area contributed by atoms with Gasteiger partial charge in [-0.05, 0) is 43.5 Å². The first kappa shape index (κ1) is 15.3. The van der Waals surface area contributed by atoms with Crippen molar-refractivity contribution < 1.29 is 0 Å². The maximum Gasteiger partial charge on any atom is -0.00473 e. The van der Waals surface area contributed by atoms with Gasteiger partial charge < -0.3 is 0 Å². The Morgan fingerprint density at radius 2 is 1.23 bits per heavy atom. The first-order valence-corrected chi connectivity index (χ1v) is 9.69. The molecule has 1 aliphatic carbocycles. The normalized spacial score (nSPS) is 14.0. The summed E-state index contributed by atoms with van der Waals surface area (Å²) < 4.78 is 0. The van der Waals surface area contributed by atoms with Gasteiger partial charge in [0.2, 0.25) is 0 Å². The molecule has 0 spiro atoms. The van der Waals surface area contributed by atoms with Crippen LogP contribution >= 0.6 is 7.92 Å². The van der Waals surface area contributed by atoms with Crippen LogP contribution in [0.2, 0.25) is 0 Å². The maximum atomic E-state index is 2.32. The maximum absolute atomic E-state index is 2.32. The molecule has 0 nitrogen and oxygen atoms in total. The zero-order valence-corrected chi connectivity index (χ0v) is 13.8. The highest BCUT2D eigenvalue weighted by atomic mass is 31.1. The van der Waals surface area contributed by atoms with E-state index in [0.717, 1.165) is 0 Å². The zero-order valence-electron chi connectivity index (χ0n) is 12.9. The highest BCUT2D eigenvalue weighted by Gasteiger charge is 2.13. The highest BCUT2D eigenvalue weighted by molar-refractivity contribution is 7.73. The van der Waals surface area contributed by atoms with Gasteiger partial charge in [-0.2, -0.15) is 0 Å². The van der Waals surface area contributed by atoms with Gasteiger partial charge >= 0.3 is 0 Å². The van der Waals surface area contributed by atoms with E-state index in [1.54, 1.807) is 0 Å². The molecule has 22 heavy (non-hydrogen) atoms. The lowest BCUT2D eigenvalue weighted by molar-refractivity contribution is 0.650. The van der Waals surface area contributed by atoms with Crippen LogP contribution in [0.1, 0.15) is 19.3 Å². The molecule has 0 heterocycles. The van der Waals surface area contributed by atoms with Crippen molar-refractivity contribution in [1.82, 2.24) is 0 Å². The monoisotopic (exact) mass is 306 g/mol. The molecule has 1 heteroatoms. The van der Waals surface area contributed by atoms with Crippen molar-refractivity contribution in [3.8, 4) is 0 Å². The van der Waals surface area contributed by atoms with Crippen molar-refractivity contribution in [2.24, 2.45) is 5.92 Å². The number of benzene rings is 2. The van der Waals surface area contributed by atoms with Crippen molar-refractivity contribution in [3.63, 3.8) is 0 Å². The number of hydrogen-bond donors (Lipinski definition) is 0. The van der Waals surface area contributed by atoms with Crippen molar-refractivity contribution in [3.05, 3.63) is 85.0 Å². The van der Waals surface area contributed by atoms with Crippen LogP contribution in [0.3, 0.4) is 0 Å².